The smallest absolute Gasteiger partial charge is 0.127 e. The molecule has 0 amide bonds. The molecule has 2 unspecified atom stereocenters. The number of rotatable bonds is 5. The van der Waals surface area contributed by atoms with E-state index in [0.717, 1.165) is 25.9 Å². The van der Waals surface area contributed by atoms with Gasteiger partial charge in [0, 0.05) is 18.5 Å². The second kappa shape index (κ2) is 6.53. The SMILES string of the molecule is Cc1ccc(CN(C)CC2(C=O)CCCC(C)C2)cc1. The van der Waals surface area contributed by atoms with Crippen LogP contribution in [0.15, 0.2) is 24.3 Å². The van der Waals surface area contributed by atoms with Crippen molar-refractivity contribution < 1.29 is 4.79 Å². The lowest BCUT2D eigenvalue weighted by Crippen LogP contribution is -2.40. The molecule has 1 aliphatic rings. The minimum Gasteiger partial charge on any atom is -0.303 e. The van der Waals surface area contributed by atoms with Crippen LogP contribution in [-0.4, -0.2) is 24.8 Å². The third-order valence-electron chi connectivity index (χ3n) is 4.53. The van der Waals surface area contributed by atoms with Crippen molar-refractivity contribution in [1.82, 2.24) is 4.90 Å². The Hall–Kier alpha value is -1.15. The summed E-state index contributed by atoms with van der Waals surface area (Å²) in [5, 5.41) is 0. The molecule has 20 heavy (non-hydrogen) atoms. The molecule has 0 radical (unpaired) electrons. The van der Waals surface area contributed by atoms with Crippen LogP contribution in [0.4, 0.5) is 0 Å². The largest absolute Gasteiger partial charge is 0.303 e. The van der Waals surface area contributed by atoms with Gasteiger partial charge in [0.2, 0.25) is 0 Å². The summed E-state index contributed by atoms with van der Waals surface area (Å²) in [5.41, 5.74) is 2.50. The van der Waals surface area contributed by atoms with Crippen LogP contribution >= 0.6 is 0 Å². The van der Waals surface area contributed by atoms with Gasteiger partial charge in [0.15, 0.2) is 0 Å². The van der Waals surface area contributed by atoms with Crippen molar-refractivity contribution in [2.24, 2.45) is 11.3 Å². The van der Waals surface area contributed by atoms with Crippen LogP contribution in [0.2, 0.25) is 0 Å². The number of carbonyl (C=O) groups excluding carboxylic acids is 1. The average molecular weight is 273 g/mol. The Kier molecular flexibility index (Phi) is 4.98. The van der Waals surface area contributed by atoms with E-state index >= 15 is 0 Å². The Morgan fingerprint density at radius 2 is 2.05 bits per heavy atom. The number of carbonyl (C=O) groups is 1. The second-order valence-electron chi connectivity index (χ2n) is 6.84. The third kappa shape index (κ3) is 3.92. The van der Waals surface area contributed by atoms with Crippen molar-refractivity contribution in [1.29, 1.82) is 0 Å². The summed E-state index contributed by atoms with van der Waals surface area (Å²) < 4.78 is 0. The third-order valence-corrected chi connectivity index (χ3v) is 4.53. The van der Waals surface area contributed by atoms with Crippen molar-refractivity contribution in [3.8, 4) is 0 Å². The summed E-state index contributed by atoms with van der Waals surface area (Å²) >= 11 is 0. The first-order chi connectivity index (χ1) is 9.53. The van der Waals surface area contributed by atoms with E-state index < -0.39 is 0 Å². The molecule has 1 saturated carbocycles. The van der Waals surface area contributed by atoms with E-state index in [-0.39, 0.29) is 5.41 Å². The minimum atomic E-state index is -0.114. The van der Waals surface area contributed by atoms with Crippen molar-refractivity contribution in [2.45, 2.75) is 46.1 Å². The van der Waals surface area contributed by atoms with Crippen LogP contribution in [0, 0.1) is 18.3 Å². The number of aryl methyl sites for hydroxylation is 1. The first-order valence-corrected chi connectivity index (χ1v) is 7.73. The normalized spacial score (nSPS) is 26.7. The molecule has 1 aromatic rings. The Morgan fingerprint density at radius 3 is 2.65 bits per heavy atom. The number of hydrogen-bond acceptors (Lipinski definition) is 2. The van der Waals surface area contributed by atoms with Gasteiger partial charge >= 0.3 is 0 Å². The lowest BCUT2D eigenvalue weighted by atomic mass is 9.70. The van der Waals surface area contributed by atoms with Crippen LogP contribution < -0.4 is 0 Å². The van der Waals surface area contributed by atoms with Gasteiger partial charge in [0.1, 0.15) is 6.29 Å². The van der Waals surface area contributed by atoms with E-state index in [1.54, 1.807) is 0 Å². The van der Waals surface area contributed by atoms with E-state index in [2.05, 4.69) is 50.1 Å². The maximum absolute atomic E-state index is 11.6. The maximum atomic E-state index is 11.6. The highest BCUT2D eigenvalue weighted by atomic mass is 16.1. The Morgan fingerprint density at radius 1 is 1.35 bits per heavy atom. The lowest BCUT2D eigenvalue weighted by Gasteiger charge is -2.38. The van der Waals surface area contributed by atoms with Crippen molar-refractivity contribution >= 4 is 6.29 Å². The molecule has 0 bridgehead atoms. The highest BCUT2D eigenvalue weighted by Gasteiger charge is 2.35. The van der Waals surface area contributed by atoms with E-state index in [1.165, 1.54) is 30.3 Å². The summed E-state index contributed by atoms with van der Waals surface area (Å²) in [4.78, 5) is 13.9. The minimum absolute atomic E-state index is 0.114. The first kappa shape index (κ1) is 15.2. The summed E-state index contributed by atoms with van der Waals surface area (Å²) in [6.07, 6.45) is 5.80. The molecule has 0 N–H and O–H groups in total. The predicted molar refractivity (Wildman–Crippen MR) is 83.6 cm³/mol. The number of hydrogen-bond donors (Lipinski definition) is 0. The standard InChI is InChI=1S/C18H27NO/c1-15-6-8-17(9-7-15)12-19(3)13-18(14-20)10-4-5-16(2)11-18/h6-9,14,16H,4-5,10-13H2,1-3H3. The topological polar surface area (TPSA) is 20.3 Å². The average Bonchev–Trinajstić information content (AvgIpc) is 2.41. The van der Waals surface area contributed by atoms with Gasteiger partial charge in [0.25, 0.3) is 0 Å². The molecule has 2 heteroatoms. The Labute approximate surface area is 123 Å². The van der Waals surface area contributed by atoms with Gasteiger partial charge < -0.3 is 9.69 Å². The van der Waals surface area contributed by atoms with Gasteiger partial charge in [-0.15, -0.1) is 0 Å². The molecule has 0 aromatic heterocycles. The van der Waals surface area contributed by atoms with E-state index in [4.69, 9.17) is 0 Å². The highest BCUT2D eigenvalue weighted by molar-refractivity contribution is 5.60. The van der Waals surface area contributed by atoms with Crippen LogP contribution in [0.5, 0.6) is 0 Å². The summed E-state index contributed by atoms with van der Waals surface area (Å²) in [6, 6.07) is 8.68. The van der Waals surface area contributed by atoms with Crippen LogP contribution in [-0.2, 0) is 11.3 Å². The van der Waals surface area contributed by atoms with Gasteiger partial charge in [-0.05, 0) is 38.3 Å². The van der Waals surface area contributed by atoms with E-state index in [9.17, 15) is 4.79 Å². The number of aldehydes is 1. The fourth-order valence-electron chi connectivity index (χ4n) is 3.59. The zero-order valence-electron chi connectivity index (χ0n) is 13.1. The summed E-state index contributed by atoms with van der Waals surface area (Å²) in [6.45, 7) is 6.19. The molecular weight excluding hydrogens is 246 g/mol. The van der Waals surface area contributed by atoms with E-state index in [1.807, 2.05) is 0 Å². The second-order valence-corrected chi connectivity index (χ2v) is 6.84. The number of nitrogens with zero attached hydrogens (tertiary/aromatic N) is 1. The van der Waals surface area contributed by atoms with Gasteiger partial charge in [0.05, 0.1) is 0 Å². The van der Waals surface area contributed by atoms with Crippen molar-refractivity contribution in [3.05, 3.63) is 35.4 Å². The highest BCUT2D eigenvalue weighted by Crippen LogP contribution is 2.38. The predicted octanol–water partition coefficient (Wildman–Crippen LogP) is 3.82. The van der Waals surface area contributed by atoms with Crippen LogP contribution in [0.3, 0.4) is 0 Å². The lowest BCUT2D eigenvalue weighted by molar-refractivity contribution is -0.119. The molecule has 2 rings (SSSR count). The van der Waals surface area contributed by atoms with E-state index in [0.29, 0.717) is 5.92 Å². The quantitative estimate of drug-likeness (QED) is 0.760. The molecule has 0 heterocycles. The summed E-state index contributed by atoms with van der Waals surface area (Å²) in [7, 11) is 2.13. The fourth-order valence-corrected chi connectivity index (χ4v) is 3.59. The monoisotopic (exact) mass is 273 g/mol. The van der Waals surface area contributed by atoms with Crippen LogP contribution in [0.25, 0.3) is 0 Å². The van der Waals surface area contributed by atoms with Gasteiger partial charge in [-0.25, -0.2) is 0 Å². The van der Waals surface area contributed by atoms with Gasteiger partial charge in [-0.1, -0.05) is 49.6 Å². The number of benzene rings is 1. The molecule has 0 saturated heterocycles. The van der Waals surface area contributed by atoms with Gasteiger partial charge in [-0.2, -0.15) is 0 Å². The Bertz CT molecular complexity index is 439. The molecule has 1 aromatic carbocycles. The van der Waals surface area contributed by atoms with Crippen LogP contribution in [0.1, 0.15) is 43.7 Å². The van der Waals surface area contributed by atoms with Crippen molar-refractivity contribution in [2.75, 3.05) is 13.6 Å². The Balaban J connectivity index is 1.96. The molecule has 1 fully saturated rings. The molecule has 0 spiro atoms. The van der Waals surface area contributed by atoms with Crippen molar-refractivity contribution in [3.63, 3.8) is 0 Å². The molecule has 110 valence electrons. The molecule has 0 aliphatic heterocycles. The maximum Gasteiger partial charge on any atom is 0.127 e. The zero-order valence-corrected chi connectivity index (χ0v) is 13.1. The first-order valence-electron chi connectivity index (χ1n) is 7.73. The molecule has 2 atom stereocenters. The summed E-state index contributed by atoms with van der Waals surface area (Å²) in [5.74, 6) is 0.682. The molecule has 1 aliphatic carbocycles. The fraction of sp³-hybridized carbons (Fsp3) is 0.611. The molecule has 2 nitrogen and oxygen atoms in total. The van der Waals surface area contributed by atoms with Gasteiger partial charge in [-0.3, -0.25) is 0 Å². The zero-order chi connectivity index (χ0) is 14.6. The molecular formula is C18H27NO.